The summed E-state index contributed by atoms with van der Waals surface area (Å²) in [5.41, 5.74) is 6.75. The van der Waals surface area contributed by atoms with Crippen molar-refractivity contribution in [3.63, 3.8) is 0 Å². The molecule has 0 saturated carbocycles. The van der Waals surface area contributed by atoms with Crippen molar-refractivity contribution in [3.05, 3.63) is 17.8 Å². The summed E-state index contributed by atoms with van der Waals surface area (Å²) in [4.78, 5) is 4.17. The quantitative estimate of drug-likeness (QED) is 0.813. The molecule has 0 saturated heterocycles. The minimum absolute atomic E-state index is 0.323. The van der Waals surface area contributed by atoms with Crippen molar-refractivity contribution in [2.75, 3.05) is 11.1 Å². The normalized spacial score (nSPS) is 12.2. The van der Waals surface area contributed by atoms with Crippen molar-refractivity contribution in [2.45, 2.75) is 33.2 Å². The Labute approximate surface area is 96.5 Å². The summed E-state index contributed by atoms with van der Waals surface area (Å²) < 4.78 is 0. The van der Waals surface area contributed by atoms with E-state index in [9.17, 15) is 0 Å². The number of nitrogens with one attached hydrogen (secondary N) is 1. The van der Waals surface area contributed by atoms with Crippen LogP contribution in [0.1, 0.15) is 32.8 Å². The molecule has 4 nitrogen and oxygen atoms in total. The third kappa shape index (κ3) is 2.63. The average molecular weight is 218 g/mol. The number of rotatable bonds is 4. The van der Waals surface area contributed by atoms with Crippen LogP contribution in [0.25, 0.3) is 0 Å². The molecule has 0 aliphatic carbocycles. The van der Waals surface area contributed by atoms with E-state index in [-0.39, 0.29) is 0 Å². The van der Waals surface area contributed by atoms with Crippen molar-refractivity contribution in [2.24, 2.45) is 5.92 Å². The molecule has 1 aromatic rings. The summed E-state index contributed by atoms with van der Waals surface area (Å²) in [7, 11) is 0. The second-order valence-electron chi connectivity index (χ2n) is 4.14. The second-order valence-corrected chi connectivity index (χ2v) is 4.14. The van der Waals surface area contributed by atoms with E-state index < -0.39 is 0 Å². The van der Waals surface area contributed by atoms with Crippen LogP contribution in [0.15, 0.2) is 12.3 Å². The molecule has 0 radical (unpaired) electrons. The monoisotopic (exact) mass is 218 g/mol. The lowest BCUT2D eigenvalue weighted by Crippen LogP contribution is -2.25. The van der Waals surface area contributed by atoms with Gasteiger partial charge in [0.05, 0.1) is 11.3 Å². The molecule has 0 aliphatic rings. The van der Waals surface area contributed by atoms with E-state index in [0.29, 0.717) is 29.0 Å². The zero-order valence-corrected chi connectivity index (χ0v) is 9.99. The number of nitrogen functional groups attached to an aromatic ring is 1. The van der Waals surface area contributed by atoms with Crippen LogP contribution in [0.4, 0.5) is 11.5 Å². The van der Waals surface area contributed by atoms with Gasteiger partial charge in [-0.3, -0.25) is 0 Å². The number of anilines is 2. The lowest BCUT2D eigenvalue weighted by atomic mass is 10.0. The Hall–Kier alpha value is -1.76. The first kappa shape index (κ1) is 12.3. The summed E-state index contributed by atoms with van der Waals surface area (Å²) in [6.07, 6.45) is 2.60. The third-order valence-electron chi connectivity index (χ3n) is 2.68. The van der Waals surface area contributed by atoms with Gasteiger partial charge in [-0.05, 0) is 18.4 Å². The van der Waals surface area contributed by atoms with Gasteiger partial charge in [-0.2, -0.15) is 5.26 Å². The van der Waals surface area contributed by atoms with Gasteiger partial charge in [0.2, 0.25) is 0 Å². The van der Waals surface area contributed by atoms with E-state index in [1.165, 1.54) is 0 Å². The number of nitrogens with two attached hydrogens (primary N) is 1. The molecule has 0 spiro atoms. The highest BCUT2D eigenvalue weighted by atomic mass is 15.0. The first-order chi connectivity index (χ1) is 7.60. The van der Waals surface area contributed by atoms with Gasteiger partial charge in [-0.25, -0.2) is 4.98 Å². The fourth-order valence-corrected chi connectivity index (χ4v) is 1.60. The largest absolute Gasteiger partial charge is 0.395 e. The number of nitrogens with zero attached hydrogens (tertiary/aromatic N) is 2. The topological polar surface area (TPSA) is 74.7 Å². The van der Waals surface area contributed by atoms with Crippen molar-refractivity contribution in [1.82, 2.24) is 4.98 Å². The van der Waals surface area contributed by atoms with Crippen LogP contribution in [-0.4, -0.2) is 11.0 Å². The minimum Gasteiger partial charge on any atom is -0.395 e. The van der Waals surface area contributed by atoms with Crippen LogP contribution in [0.5, 0.6) is 0 Å². The Morgan fingerprint density at radius 2 is 2.25 bits per heavy atom. The first-order valence-electron chi connectivity index (χ1n) is 5.51. The number of pyridine rings is 1. The standard InChI is InChI=1S/C12H18N4/c1-4-10(8(2)3)16-12-11(14)9(7-13)5-6-15-12/h5-6,8,10H,4,14H2,1-3H3,(H,15,16). The van der Waals surface area contributed by atoms with Crippen LogP contribution in [-0.2, 0) is 0 Å². The van der Waals surface area contributed by atoms with E-state index in [0.717, 1.165) is 6.42 Å². The van der Waals surface area contributed by atoms with Crippen molar-refractivity contribution < 1.29 is 0 Å². The molecular formula is C12H18N4. The zero-order valence-electron chi connectivity index (χ0n) is 9.99. The van der Waals surface area contributed by atoms with Crippen molar-refractivity contribution in [1.29, 1.82) is 5.26 Å². The summed E-state index contributed by atoms with van der Waals surface area (Å²) in [5, 5.41) is 12.1. The summed E-state index contributed by atoms with van der Waals surface area (Å²) in [6, 6.07) is 4.00. The highest BCUT2D eigenvalue weighted by Crippen LogP contribution is 2.22. The predicted octanol–water partition coefficient (Wildman–Crippen LogP) is 2.38. The molecule has 0 aliphatic heterocycles. The molecule has 0 amide bonds. The van der Waals surface area contributed by atoms with Gasteiger partial charge >= 0.3 is 0 Å². The predicted molar refractivity (Wildman–Crippen MR) is 65.9 cm³/mol. The maximum Gasteiger partial charge on any atom is 0.150 e. The first-order valence-corrected chi connectivity index (χ1v) is 5.51. The number of hydrogen-bond donors (Lipinski definition) is 2. The Bertz CT molecular complexity index is 392. The average Bonchev–Trinajstić information content (AvgIpc) is 2.27. The van der Waals surface area contributed by atoms with Gasteiger partial charge in [0.25, 0.3) is 0 Å². The number of hydrogen-bond acceptors (Lipinski definition) is 4. The lowest BCUT2D eigenvalue weighted by molar-refractivity contribution is 0.510. The van der Waals surface area contributed by atoms with Crippen LogP contribution < -0.4 is 11.1 Å². The highest BCUT2D eigenvalue weighted by Gasteiger charge is 2.14. The maximum atomic E-state index is 8.86. The SMILES string of the molecule is CCC(Nc1nccc(C#N)c1N)C(C)C. The number of aromatic nitrogens is 1. The molecule has 1 rings (SSSR count). The maximum absolute atomic E-state index is 8.86. The van der Waals surface area contributed by atoms with Crippen LogP contribution in [0.2, 0.25) is 0 Å². The van der Waals surface area contributed by atoms with Gasteiger partial charge in [0.1, 0.15) is 6.07 Å². The summed E-state index contributed by atoms with van der Waals surface area (Å²) in [6.45, 7) is 6.40. The molecule has 3 N–H and O–H groups in total. The van der Waals surface area contributed by atoms with Crippen LogP contribution in [0.3, 0.4) is 0 Å². The molecule has 0 bridgehead atoms. The van der Waals surface area contributed by atoms with Gasteiger partial charge in [-0.1, -0.05) is 20.8 Å². The van der Waals surface area contributed by atoms with E-state index in [4.69, 9.17) is 11.0 Å². The van der Waals surface area contributed by atoms with Crippen molar-refractivity contribution in [3.8, 4) is 6.07 Å². The highest BCUT2D eigenvalue weighted by molar-refractivity contribution is 5.69. The fourth-order valence-electron chi connectivity index (χ4n) is 1.60. The van der Waals surface area contributed by atoms with Gasteiger partial charge in [-0.15, -0.1) is 0 Å². The minimum atomic E-state index is 0.323. The molecule has 0 fully saturated rings. The third-order valence-corrected chi connectivity index (χ3v) is 2.68. The fraction of sp³-hybridized carbons (Fsp3) is 0.500. The molecular weight excluding hydrogens is 200 g/mol. The molecule has 16 heavy (non-hydrogen) atoms. The molecule has 1 atom stereocenters. The van der Waals surface area contributed by atoms with Crippen LogP contribution in [0, 0.1) is 17.2 Å². The second kappa shape index (κ2) is 5.36. The van der Waals surface area contributed by atoms with Crippen LogP contribution >= 0.6 is 0 Å². The summed E-state index contributed by atoms with van der Waals surface area (Å²) in [5.74, 6) is 1.11. The molecule has 1 heterocycles. The molecule has 1 aromatic heterocycles. The smallest absolute Gasteiger partial charge is 0.150 e. The van der Waals surface area contributed by atoms with Gasteiger partial charge in [0.15, 0.2) is 5.82 Å². The Morgan fingerprint density at radius 3 is 2.75 bits per heavy atom. The molecule has 4 heteroatoms. The zero-order chi connectivity index (χ0) is 12.1. The lowest BCUT2D eigenvalue weighted by Gasteiger charge is -2.22. The van der Waals surface area contributed by atoms with E-state index in [1.54, 1.807) is 12.3 Å². The number of nitriles is 1. The van der Waals surface area contributed by atoms with Gasteiger partial charge < -0.3 is 11.1 Å². The van der Waals surface area contributed by atoms with Crippen molar-refractivity contribution >= 4 is 11.5 Å². The Kier molecular flexibility index (Phi) is 4.12. The summed E-state index contributed by atoms with van der Waals surface area (Å²) >= 11 is 0. The Balaban J connectivity index is 2.93. The van der Waals surface area contributed by atoms with Gasteiger partial charge in [0, 0.05) is 12.2 Å². The Morgan fingerprint density at radius 1 is 1.56 bits per heavy atom. The van der Waals surface area contributed by atoms with E-state index >= 15 is 0 Å². The molecule has 1 unspecified atom stereocenters. The van der Waals surface area contributed by atoms with E-state index in [2.05, 4.69) is 37.1 Å². The molecule has 0 aromatic carbocycles. The van der Waals surface area contributed by atoms with E-state index in [1.807, 2.05) is 0 Å². The molecule has 86 valence electrons.